The fourth-order valence-corrected chi connectivity index (χ4v) is 3.27. The molecule has 1 aromatic heterocycles. The summed E-state index contributed by atoms with van der Waals surface area (Å²) in [6.45, 7) is 5.20. The van der Waals surface area contributed by atoms with E-state index in [1.807, 2.05) is 36.4 Å². The summed E-state index contributed by atoms with van der Waals surface area (Å²) < 4.78 is 11.0. The number of benzene rings is 2. The van der Waals surface area contributed by atoms with Crippen LogP contribution < -0.4 is 15.8 Å². The summed E-state index contributed by atoms with van der Waals surface area (Å²) in [4.78, 5) is 16.6. The number of ether oxygens (including phenoxy) is 2. The highest BCUT2D eigenvalue weighted by Crippen LogP contribution is 2.23. The van der Waals surface area contributed by atoms with Crippen LogP contribution in [0.15, 0.2) is 60.7 Å². The molecule has 3 rings (SSSR count). The van der Waals surface area contributed by atoms with Crippen LogP contribution in [-0.2, 0) is 24.3 Å². The number of carbonyl (C=O) groups is 1. The monoisotopic (exact) mass is 433 g/mol. The van der Waals surface area contributed by atoms with Crippen LogP contribution in [0, 0.1) is 5.92 Å². The fraction of sp³-hybridized carbons (Fsp3) is 0.308. The van der Waals surface area contributed by atoms with Gasteiger partial charge in [-0.3, -0.25) is 4.79 Å². The maximum absolute atomic E-state index is 12.4. The Balaban J connectivity index is 1.53. The highest BCUT2D eigenvalue weighted by Gasteiger charge is 2.11. The molecule has 0 radical (unpaired) electrons. The van der Waals surface area contributed by atoms with Crippen molar-refractivity contribution in [3.63, 3.8) is 0 Å². The molecule has 0 aliphatic rings. The van der Waals surface area contributed by atoms with E-state index in [4.69, 9.17) is 15.2 Å². The zero-order chi connectivity index (χ0) is 22.9. The van der Waals surface area contributed by atoms with Crippen LogP contribution in [0.2, 0.25) is 0 Å². The van der Waals surface area contributed by atoms with Gasteiger partial charge >= 0.3 is 0 Å². The molecule has 6 nitrogen and oxygen atoms in total. The minimum Gasteiger partial charge on any atom is -0.457 e. The van der Waals surface area contributed by atoms with Gasteiger partial charge in [-0.15, -0.1) is 0 Å². The lowest BCUT2D eigenvalue weighted by atomic mass is 9.99. The largest absolute Gasteiger partial charge is 0.457 e. The average Bonchev–Trinajstić information content (AvgIpc) is 2.80. The number of amides is 1. The van der Waals surface area contributed by atoms with Crippen LogP contribution in [0.3, 0.4) is 0 Å². The van der Waals surface area contributed by atoms with Gasteiger partial charge in [0.2, 0.25) is 0 Å². The van der Waals surface area contributed by atoms with Crippen molar-refractivity contribution in [1.82, 2.24) is 10.3 Å². The van der Waals surface area contributed by atoms with E-state index in [1.165, 1.54) is 12.0 Å². The molecule has 0 saturated heterocycles. The molecule has 0 aliphatic carbocycles. The molecule has 0 fully saturated rings. The van der Waals surface area contributed by atoms with Gasteiger partial charge in [-0.05, 0) is 59.9 Å². The Hall–Kier alpha value is -3.38. The third-order valence-corrected chi connectivity index (χ3v) is 5.34. The van der Waals surface area contributed by atoms with Gasteiger partial charge in [0.05, 0.1) is 17.9 Å². The second-order valence-electron chi connectivity index (χ2n) is 7.96. The van der Waals surface area contributed by atoms with Crippen molar-refractivity contribution in [2.24, 2.45) is 5.92 Å². The van der Waals surface area contributed by atoms with Gasteiger partial charge in [0.1, 0.15) is 17.3 Å². The van der Waals surface area contributed by atoms with Gasteiger partial charge in [0.15, 0.2) is 0 Å². The number of nitrogens with two attached hydrogens (primary N) is 1. The Bertz CT molecular complexity index is 1020. The molecule has 168 valence electrons. The van der Waals surface area contributed by atoms with Crippen molar-refractivity contribution in [2.75, 3.05) is 12.8 Å². The van der Waals surface area contributed by atoms with Crippen molar-refractivity contribution in [1.29, 1.82) is 0 Å². The molecule has 0 saturated carbocycles. The molecule has 0 bridgehead atoms. The van der Waals surface area contributed by atoms with Crippen molar-refractivity contribution >= 4 is 11.7 Å². The van der Waals surface area contributed by atoms with E-state index in [9.17, 15) is 4.79 Å². The number of anilines is 1. The third kappa shape index (κ3) is 6.56. The van der Waals surface area contributed by atoms with Gasteiger partial charge in [0, 0.05) is 13.7 Å². The third-order valence-electron chi connectivity index (χ3n) is 5.34. The summed E-state index contributed by atoms with van der Waals surface area (Å²) in [6, 6.07) is 19.3. The maximum atomic E-state index is 12.4. The van der Waals surface area contributed by atoms with E-state index in [-0.39, 0.29) is 11.7 Å². The van der Waals surface area contributed by atoms with Crippen LogP contribution >= 0.6 is 0 Å². The molecule has 32 heavy (non-hydrogen) atoms. The van der Waals surface area contributed by atoms with Gasteiger partial charge in [-0.25, -0.2) is 4.98 Å². The van der Waals surface area contributed by atoms with Gasteiger partial charge in [-0.2, -0.15) is 0 Å². The molecule has 0 spiro atoms. The van der Waals surface area contributed by atoms with Crippen molar-refractivity contribution in [3.8, 4) is 11.5 Å². The number of nitrogen functional groups attached to an aromatic ring is 1. The fourth-order valence-electron chi connectivity index (χ4n) is 3.27. The van der Waals surface area contributed by atoms with E-state index >= 15 is 0 Å². The molecule has 2 aromatic carbocycles. The van der Waals surface area contributed by atoms with Crippen molar-refractivity contribution in [2.45, 2.75) is 39.8 Å². The summed E-state index contributed by atoms with van der Waals surface area (Å²) >= 11 is 0. The van der Waals surface area contributed by atoms with E-state index in [0.717, 1.165) is 23.5 Å². The molecule has 1 unspecified atom stereocenters. The van der Waals surface area contributed by atoms with E-state index in [2.05, 4.69) is 36.3 Å². The predicted octanol–water partition coefficient (Wildman–Crippen LogP) is 5.12. The first-order chi connectivity index (χ1) is 15.5. The SMILES string of the molecule is CCC(C)Cc1ccc(Oc2ccc(CNC(=O)c3ccc(COC)nc3N)cc2)cc1. The molecule has 3 N–H and O–H groups in total. The van der Waals surface area contributed by atoms with Gasteiger partial charge in [-0.1, -0.05) is 44.5 Å². The Morgan fingerprint density at radius 1 is 1.00 bits per heavy atom. The molecule has 0 aliphatic heterocycles. The number of hydrogen-bond acceptors (Lipinski definition) is 5. The number of rotatable bonds is 10. The summed E-state index contributed by atoms with van der Waals surface area (Å²) in [5.41, 5.74) is 9.22. The van der Waals surface area contributed by atoms with E-state index < -0.39 is 0 Å². The van der Waals surface area contributed by atoms with Gasteiger partial charge in [0.25, 0.3) is 5.91 Å². The van der Waals surface area contributed by atoms with E-state index in [0.29, 0.717) is 30.3 Å². The van der Waals surface area contributed by atoms with Crippen LogP contribution in [0.25, 0.3) is 0 Å². The highest BCUT2D eigenvalue weighted by atomic mass is 16.5. The zero-order valence-corrected chi connectivity index (χ0v) is 18.9. The quantitative estimate of drug-likeness (QED) is 0.463. The second kappa shape index (κ2) is 11.3. The van der Waals surface area contributed by atoms with Crippen molar-refractivity contribution < 1.29 is 14.3 Å². The number of hydrogen-bond donors (Lipinski definition) is 2. The summed E-state index contributed by atoms with van der Waals surface area (Å²) in [5.74, 6) is 2.15. The Labute approximate surface area is 189 Å². The minimum absolute atomic E-state index is 0.191. The zero-order valence-electron chi connectivity index (χ0n) is 18.9. The van der Waals surface area contributed by atoms with E-state index in [1.54, 1.807) is 19.2 Å². The topological polar surface area (TPSA) is 86.5 Å². The van der Waals surface area contributed by atoms with Crippen LogP contribution in [0.4, 0.5) is 5.82 Å². The Morgan fingerprint density at radius 2 is 1.62 bits per heavy atom. The van der Waals surface area contributed by atoms with Crippen molar-refractivity contribution in [3.05, 3.63) is 83.0 Å². The lowest BCUT2D eigenvalue weighted by Crippen LogP contribution is -2.24. The number of carbonyl (C=O) groups excluding carboxylic acids is 1. The minimum atomic E-state index is -0.267. The second-order valence-corrected chi connectivity index (χ2v) is 7.96. The molecule has 1 atom stereocenters. The first-order valence-corrected chi connectivity index (χ1v) is 10.9. The molecule has 6 heteroatoms. The smallest absolute Gasteiger partial charge is 0.255 e. The maximum Gasteiger partial charge on any atom is 0.255 e. The van der Waals surface area contributed by atoms with Crippen LogP contribution in [0.5, 0.6) is 11.5 Å². The first kappa shape index (κ1) is 23.3. The van der Waals surface area contributed by atoms with Crippen LogP contribution in [0.1, 0.15) is 47.4 Å². The lowest BCUT2D eigenvalue weighted by Gasteiger charge is -2.11. The normalized spacial score (nSPS) is 11.7. The highest BCUT2D eigenvalue weighted by molar-refractivity contribution is 5.98. The number of aromatic nitrogens is 1. The number of nitrogens with zero attached hydrogens (tertiary/aromatic N) is 1. The average molecular weight is 434 g/mol. The first-order valence-electron chi connectivity index (χ1n) is 10.9. The summed E-state index contributed by atoms with van der Waals surface area (Å²) in [6.07, 6.45) is 2.26. The predicted molar refractivity (Wildman–Crippen MR) is 127 cm³/mol. The number of nitrogens with one attached hydrogen (secondary N) is 1. The number of pyridine rings is 1. The summed E-state index contributed by atoms with van der Waals surface area (Å²) in [7, 11) is 1.58. The Morgan fingerprint density at radius 3 is 2.19 bits per heavy atom. The number of methoxy groups -OCH3 is 1. The summed E-state index contributed by atoms with van der Waals surface area (Å²) in [5, 5.41) is 2.87. The molecule has 1 amide bonds. The lowest BCUT2D eigenvalue weighted by molar-refractivity contribution is 0.0951. The molecular weight excluding hydrogens is 402 g/mol. The van der Waals surface area contributed by atoms with Gasteiger partial charge < -0.3 is 20.5 Å². The molecule has 3 aromatic rings. The standard InChI is InChI=1S/C26H31N3O3/c1-4-18(2)15-19-5-10-22(11-6-19)32-23-12-7-20(8-13-23)16-28-26(30)24-14-9-21(17-31-3)29-25(24)27/h5-14,18H,4,15-17H2,1-3H3,(H2,27,29)(H,28,30). The molecule has 1 heterocycles. The Kier molecular flexibility index (Phi) is 8.22. The van der Waals surface area contributed by atoms with Crippen LogP contribution in [-0.4, -0.2) is 18.0 Å². The molecular formula is C26H31N3O3.